The Hall–Kier alpha value is -3.23. The van der Waals surface area contributed by atoms with Gasteiger partial charge in [0.15, 0.2) is 0 Å². The Bertz CT molecular complexity index is 1020. The lowest BCUT2D eigenvalue weighted by Gasteiger charge is -2.38. The largest absolute Gasteiger partial charge is 0.368 e. The number of carbonyl (C=O) groups excluding carboxylic acids is 3. The van der Waals surface area contributed by atoms with Crippen LogP contribution in [0.2, 0.25) is 0 Å². The number of carbonyl (C=O) groups is 3. The van der Waals surface area contributed by atoms with Crippen LogP contribution in [0.5, 0.6) is 0 Å². The van der Waals surface area contributed by atoms with Gasteiger partial charge in [-0.2, -0.15) is 0 Å². The van der Waals surface area contributed by atoms with E-state index >= 15 is 0 Å². The molecule has 1 aliphatic heterocycles. The lowest BCUT2D eigenvalue weighted by atomic mass is 9.83. The maximum absolute atomic E-state index is 13.1. The average Bonchev–Trinajstić information content (AvgIpc) is 2.85. The van der Waals surface area contributed by atoms with Crippen molar-refractivity contribution in [3.05, 3.63) is 65.2 Å². The molecule has 1 unspecified atom stereocenters. The molecule has 1 saturated heterocycles. The standard InChI is InChI=1S/C27H37N5O3/c1-21-7-5-6-8-24(21)31-15-17-32(18-16-31)25(34)13-14-27(28-2,26(35)29-20-33)23-11-9-22(10-12-23)19-30(3)4/h5-12,20,28H,13-19H2,1-4H3,(H,29,33,35). The van der Waals surface area contributed by atoms with Crippen molar-refractivity contribution in [3.8, 4) is 0 Å². The molecule has 0 bridgehead atoms. The van der Waals surface area contributed by atoms with Gasteiger partial charge in [0.1, 0.15) is 5.54 Å². The fraction of sp³-hybridized carbons (Fsp3) is 0.444. The number of anilines is 1. The minimum atomic E-state index is -1.18. The molecule has 0 aliphatic carbocycles. The lowest BCUT2D eigenvalue weighted by molar-refractivity contribution is -0.133. The molecule has 1 fully saturated rings. The molecule has 3 amide bonds. The van der Waals surface area contributed by atoms with Gasteiger partial charge in [-0.05, 0) is 57.2 Å². The van der Waals surface area contributed by atoms with E-state index in [2.05, 4.69) is 39.5 Å². The van der Waals surface area contributed by atoms with Gasteiger partial charge in [-0.3, -0.25) is 19.7 Å². The van der Waals surface area contributed by atoms with E-state index in [1.165, 1.54) is 11.3 Å². The van der Waals surface area contributed by atoms with Gasteiger partial charge < -0.3 is 20.0 Å². The van der Waals surface area contributed by atoms with E-state index < -0.39 is 11.4 Å². The first-order chi connectivity index (χ1) is 16.8. The molecule has 1 heterocycles. The molecule has 1 aliphatic rings. The van der Waals surface area contributed by atoms with Crippen molar-refractivity contribution in [1.82, 2.24) is 20.4 Å². The SMILES string of the molecule is CNC(CCC(=O)N1CCN(c2ccccc2C)CC1)(C(=O)NC=O)c1ccc(CN(C)C)cc1. The van der Waals surface area contributed by atoms with Gasteiger partial charge >= 0.3 is 0 Å². The van der Waals surface area contributed by atoms with Crippen molar-refractivity contribution in [2.45, 2.75) is 31.8 Å². The van der Waals surface area contributed by atoms with Crippen molar-refractivity contribution in [3.63, 3.8) is 0 Å². The third-order valence-electron chi connectivity index (χ3n) is 6.75. The monoisotopic (exact) mass is 479 g/mol. The Labute approximate surface area is 208 Å². The zero-order chi connectivity index (χ0) is 25.4. The van der Waals surface area contributed by atoms with E-state index in [1.54, 1.807) is 7.05 Å². The summed E-state index contributed by atoms with van der Waals surface area (Å²) in [4.78, 5) is 43.5. The number of nitrogens with zero attached hydrogens (tertiary/aromatic N) is 3. The Morgan fingerprint density at radius 2 is 1.69 bits per heavy atom. The summed E-state index contributed by atoms with van der Waals surface area (Å²) in [7, 11) is 5.68. The van der Waals surface area contributed by atoms with Crippen LogP contribution >= 0.6 is 0 Å². The van der Waals surface area contributed by atoms with Crippen LogP contribution in [0.25, 0.3) is 0 Å². The smallest absolute Gasteiger partial charge is 0.251 e. The Morgan fingerprint density at radius 3 is 2.26 bits per heavy atom. The lowest BCUT2D eigenvalue weighted by Crippen LogP contribution is -2.54. The first-order valence-corrected chi connectivity index (χ1v) is 12.1. The fourth-order valence-electron chi connectivity index (χ4n) is 4.78. The van der Waals surface area contributed by atoms with E-state index in [0.29, 0.717) is 19.5 Å². The normalized spacial score (nSPS) is 15.6. The molecule has 0 spiro atoms. The molecule has 0 radical (unpaired) electrons. The number of para-hydroxylation sites is 1. The van der Waals surface area contributed by atoms with Crippen molar-refractivity contribution in [2.24, 2.45) is 0 Å². The Morgan fingerprint density at radius 1 is 1.03 bits per heavy atom. The zero-order valence-electron chi connectivity index (χ0n) is 21.2. The molecule has 0 aromatic heterocycles. The van der Waals surface area contributed by atoms with E-state index in [0.717, 1.165) is 30.8 Å². The second-order valence-corrected chi connectivity index (χ2v) is 9.34. The molecule has 188 valence electrons. The summed E-state index contributed by atoms with van der Waals surface area (Å²) in [5.74, 6) is -0.454. The number of hydrogen-bond donors (Lipinski definition) is 2. The number of likely N-dealkylation sites (N-methyl/N-ethyl adjacent to an activating group) is 1. The van der Waals surface area contributed by atoms with Crippen molar-refractivity contribution in [1.29, 1.82) is 0 Å². The second-order valence-electron chi connectivity index (χ2n) is 9.34. The number of amides is 3. The Kier molecular flexibility index (Phi) is 9.01. The number of benzene rings is 2. The van der Waals surface area contributed by atoms with Crippen LogP contribution in [-0.2, 0) is 26.5 Å². The zero-order valence-corrected chi connectivity index (χ0v) is 21.2. The molecule has 8 heteroatoms. The third-order valence-corrected chi connectivity index (χ3v) is 6.75. The van der Waals surface area contributed by atoms with Crippen molar-refractivity contribution in [2.75, 3.05) is 52.2 Å². The first kappa shape index (κ1) is 26.4. The number of hydrogen-bond acceptors (Lipinski definition) is 6. The molecule has 35 heavy (non-hydrogen) atoms. The molecule has 0 saturated carbocycles. The van der Waals surface area contributed by atoms with E-state index in [4.69, 9.17) is 0 Å². The highest BCUT2D eigenvalue weighted by molar-refractivity contribution is 5.94. The highest BCUT2D eigenvalue weighted by Gasteiger charge is 2.39. The summed E-state index contributed by atoms with van der Waals surface area (Å²) < 4.78 is 0. The van der Waals surface area contributed by atoms with E-state index in [9.17, 15) is 14.4 Å². The number of piperazine rings is 1. The quantitative estimate of drug-likeness (QED) is 0.506. The molecule has 3 rings (SSSR count). The maximum Gasteiger partial charge on any atom is 0.251 e. The number of nitrogens with one attached hydrogen (secondary N) is 2. The minimum Gasteiger partial charge on any atom is -0.368 e. The van der Waals surface area contributed by atoms with Gasteiger partial charge in [-0.25, -0.2) is 0 Å². The molecule has 1 atom stereocenters. The number of imide groups is 1. The van der Waals surface area contributed by atoms with Gasteiger partial charge in [0.25, 0.3) is 5.91 Å². The van der Waals surface area contributed by atoms with Crippen LogP contribution in [0.4, 0.5) is 5.69 Å². The van der Waals surface area contributed by atoms with Crippen LogP contribution in [0.1, 0.15) is 29.5 Å². The molecular formula is C27H37N5O3. The molecular weight excluding hydrogens is 442 g/mol. The van der Waals surface area contributed by atoms with Crippen LogP contribution in [-0.4, -0.2) is 75.3 Å². The predicted octanol–water partition coefficient (Wildman–Crippen LogP) is 1.87. The summed E-state index contributed by atoms with van der Waals surface area (Å²) in [5.41, 5.74) is 3.08. The van der Waals surface area contributed by atoms with Gasteiger partial charge in [0.05, 0.1) is 0 Å². The molecule has 8 nitrogen and oxygen atoms in total. The summed E-state index contributed by atoms with van der Waals surface area (Å²) in [6, 6.07) is 16.0. The Balaban J connectivity index is 1.69. The van der Waals surface area contributed by atoms with Gasteiger partial charge in [0.2, 0.25) is 12.3 Å². The van der Waals surface area contributed by atoms with Gasteiger partial charge in [0, 0.05) is 44.8 Å². The van der Waals surface area contributed by atoms with Crippen LogP contribution in [0, 0.1) is 6.92 Å². The van der Waals surface area contributed by atoms with Gasteiger partial charge in [-0.15, -0.1) is 0 Å². The summed E-state index contributed by atoms with van der Waals surface area (Å²) in [5, 5.41) is 5.40. The number of aryl methyl sites for hydroxylation is 1. The fourth-order valence-corrected chi connectivity index (χ4v) is 4.78. The topological polar surface area (TPSA) is 85.0 Å². The van der Waals surface area contributed by atoms with E-state index in [1.807, 2.05) is 55.4 Å². The van der Waals surface area contributed by atoms with Crippen LogP contribution in [0.3, 0.4) is 0 Å². The molecule has 2 N–H and O–H groups in total. The highest BCUT2D eigenvalue weighted by Crippen LogP contribution is 2.28. The van der Waals surface area contributed by atoms with Crippen LogP contribution < -0.4 is 15.5 Å². The molecule has 2 aromatic rings. The average molecular weight is 480 g/mol. The number of rotatable bonds is 10. The minimum absolute atomic E-state index is 0.0113. The first-order valence-electron chi connectivity index (χ1n) is 12.1. The summed E-state index contributed by atoms with van der Waals surface area (Å²) >= 11 is 0. The van der Waals surface area contributed by atoms with Gasteiger partial charge in [-0.1, -0.05) is 42.5 Å². The maximum atomic E-state index is 13.1. The third kappa shape index (κ3) is 6.26. The second kappa shape index (κ2) is 12.0. The van der Waals surface area contributed by atoms with Crippen molar-refractivity contribution < 1.29 is 14.4 Å². The predicted molar refractivity (Wildman–Crippen MR) is 138 cm³/mol. The van der Waals surface area contributed by atoms with Crippen molar-refractivity contribution >= 4 is 23.9 Å². The molecule has 2 aromatic carbocycles. The summed E-state index contributed by atoms with van der Waals surface area (Å²) in [6.07, 6.45) is 0.825. The van der Waals surface area contributed by atoms with E-state index in [-0.39, 0.29) is 18.7 Å². The van der Waals surface area contributed by atoms with Crippen LogP contribution in [0.15, 0.2) is 48.5 Å². The summed E-state index contributed by atoms with van der Waals surface area (Å²) in [6.45, 7) is 5.69. The highest BCUT2D eigenvalue weighted by atomic mass is 16.2.